The smallest absolute Gasteiger partial charge is 0.254 e. The first kappa shape index (κ1) is 20.2. The summed E-state index contributed by atoms with van der Waals surface area (Å²) in [6, 6.07) is 16.9. The molecule has 1 aliphatic rings. The first-order chi connectivity index (χ1) is 14.7. The molecule has 0 unspecified atom stereocenters. The van der Waals surface area contributed by atoms with Crippen LogP contribution in [0.25, 0.3) is 0 Å². The molecule has 4 rings (SSSR count). The molecule has 1 aliphatic heterocycles. The molecule has 154 valence electrons. The maximum atomic E-state index is 13.5. The number of hydrogen-bond donors (Lipinski definition) is 0. The largest absolute Gasteiger partial charge is 0.373 e. The number of likely N-dealkylation sites (tertiary alicyclic amines) is 1. The Morgan fingerprint density at radius 1 is 1.10 bits per heavy atom. The first-order valence-corrected chi connectivity index (χ1v) is 10.1. The summed E-state index contributed by atoms with van der Waals surface area (Å²) in [6.45, 7) is 1.63. The predicted molar refractivity (Wildman–Crippen MR) is 111 cm³/mol. The summed E-state index contributed by atoms with van der Waals surface area (Å²) in [5.41, 5.74) is 2.57. The van der Waals surface area contributed by atoms with Gasteiger partial charge in [-0.2, -0.15) is 4.39 Å². The van der Waals surface area contributed by atoms with Crippen LogP contribution in [0.1, 0.15) is 27.9 Å². The van der Waals surface area contributed by atoms with Crippen LogP contribution in [-0.2, 0) is 17.8 Å². The molecule has 0 saturated carbocycles. The number of halogens is 1. The summed E-state index contributed by atoms with van der Waals surface area (Å²) in [5, 5.41) is 0. The van der Waals surface area contributed by atoms with Crippen LogP contribution < -0.4 is 0 Å². The Balaban J connectivity index is 1.48. The number of pyridine rings is 2. The van der Waals surface area contributed by atoms with Crippen LogP contribution in [-0.4, -0.2) is 40.0 Å². The van der Waals surface area contributed by atoms with Gasteiger partial charge in [-0.05, 0) is 36.1 Å². The van der Waals surface area contributed by atoms with E-state index in [4.69, 9.17) is 4.74 Å². The van der Waals surface area contributed by atoms with E-state index in [0.717, 1.165) is 18.4 Å². The van der Waals surface area contributed by atoms with Crippen molar-refractivity contribution in [2.75, 3.05) is 13.1 Å². The molecule has 1 saturated heterocycles. The molecule has 0 aliphatic carbocycles. The lowest BCUT2D eigenvalue weighted by Gasteiger charge is -2.38. The Morgan fingerprint density at radius 3 is 2.70 bits per heavy atom. The van der Waals surface area contributed by atoms with E-state index in [1.54, 1.807) is 17.2 Å². The number of nitrogens with zero attached hydrogens (tertiary/aromatic N) is 3. The second-order valence-electron chi connectivity index (χ2n) is 7.57. The Hall–Kier alpha value is -3.12. The second-order valence-corrected chi connectivity index (χ2v) is 7.57. The van der Waals surface area contributed by atoms with E-state index in [1.807, 2.05) is 36.5 Å². The van der Waals surface area contributed by atoms with Crippen molar-refractivity contribution in [1.29, 1.82) is 0 Å². The molecule has 1 fully saturated rings. The standard InChI is InChI=1S/C24H24FN3O2/c25-23-14-20(8-11-27-23)24(29)28-12-9-22(30-17-19-7-4-10-26-15-19)21(16-28)13-18-5-2-1-3-6-18/h1-8,10-11,14-15,21-22H,9,12-13,16-17H2/t21-,22-/m1/s1. The third-order valence-electron chi connectivity index (χ3n) is 5.45. The maximum Gasteiger partial charge on any atom is 0.254 e. The number of carbonyl (C=O) groups excluding carboxylic acids is 1. The van der Waals surface area contributed by atoms with E-state index >= 15 is 0 Å². The van der Waals surface area contributed by atoms with Crippen molar-refractivity contribution in [3.63, 3.8) is 0 Å². The molecule has 0 N–H and O–H groups in total. The van der Waals surface area contributed by atoms with Gasteiger partial charge in [0.15, 0.2) is 0 Å². The molecule has 1 aromatic carbocycles. The zero-order chi connectivity index (χ0) is 20.8. The zero-order valence-electron chi connectivity index (χ0n) is 16.7. The van der Waals surface area contributed by atoms with Crippen LogP contribution in [0, 0.1) is 11.9 Å². The van der Waals surface area contributed by atoms with Gasteiger partial charge in [-0.3, -0.25) is 9.78 Å². The fourth-order valence-corrected chi connectivity index (χ4v) is 3.93. The van der Waals surface area contributed by atoms with Gasteiger partial charge >= 0.3 is 0 Å². The predicted octanol–water partition coefficient (Wildman–Crippen LogP) is 3.91. The third kappa shape index (κ3) is 5.07. The number of rotatable bonds is 6. The summed E-state index contributed by atoms with van der Waals surface area (Å²) in [5.74, 6) is -0.662. The molecular weight excluding hydrogens is 381 g/mol. The molecule has 1 amide bonds. The van der Waals surface area contributed by atoms with E-state index in [0.29, 0.717) is 25.3 Å². The average molecular weight is 405 g/mol. The molecule has 6 heteroatoms. The number of benzene rings is 1. The normalized spacial score (nSPS) is 18.9. The van der Waals surface area contributed by atoms with Crippen molar-refractivity contribution in [2.24, 2.45) is 5.92 Å². The van der Waals surface area contributed by atoms with E-state index < -0.39 is 5.95 Å². The van der Waals surface area contributed by atoms with Crippen molar-refractivity contribution in [3.05, 3.63) is 95.8 Å². The van der Waals surface area contributed by atoms with E-state index in [1.165, 1.54) is 17.8 Å². The molecule has 3 aromatic rings. The summed E-state index contributed by atoms with van der Waals surface area (Å²) in [4.78, 5) is 22.4. The van der Waals surface area contributed by atoms with Gasteiger partial charge < -0.3 is 9.64 Å². The second kappa shape index (κ2) is 9.59. The van der Waals surface area contributed by atoms with Crippen molar-refractivity contribution >= 4 is 5.91 Å². The highest BCUT2D eigenvalue weighted by molar-refractivity contribution is 5.94. The summed E-state index contributed by atoms with van der Waals surface area (Å²) in [6.07, 6.45) is 6.46. The molecule has 2 aromatic heterocycles. The third-order valence-corrected chi connectivity index (χ3v) is 5.45. The topological polar surface area (TPSA) is 55.3 Å². The zero-order valence-corrected chi connectivity index (χ0v) is 16.7. The van der Waals surface area contributed by atoms with Crippen LogP contribution >= 0.6 is 0 Å². The van der Waals surface area contributed by atoms with Crippen LogP contribution in [0.3, 0.4) is 0 Å². The van der Waals surface area contributed by atoms with Gasteiger partial charge in [-0.1, -0.05) is 36.4 Å². The highest BCUT2D eigenvalue weighted by atomic mass is 19.1. The highest BCUT2D eigenvalue weighted by Crippen LogP contribution is 2.26. The molecule has 0 bridgehead atoms. The van der Waals surface area contributed by atoms with Gasteiger partial charge in [0.25, 0.3) is 5.91 Å². The SMILES string of the molecule is O=C(c1ccnc(F)c1)N1CC[C@@H](OCc2cccnc2)[C@H](Cc2ccccc2)C1. The van der Waals surface area contributed by atoms with Gasteiger partial charge in [-0.15, -0.1) is 0 Å². The monoisotopic (exact) mass is 405 g/mol. The Morgan fingerprint density at radius 2 is 1.93 bits per heavy atom. The molecule has 5 nitrogen and oxygen atoms in total. The van der Waals surface area contributed by atoms with Gasteiger partial charge in [-0.25, -0.2) is 4.98 Å². The number of aromatic nitrogens is 2. The quantitative estimate of drug-likeness (QED) is 0.584. The molecule has 2 atom stereocenters. The van der Waals surface area contributed by atoms with Crippen molar-refractivity contribution < 1.29 is 13.9 Å². The van der Waals surface area contributed by atoms with Crippen LogP contribution in [0.15, 0.2) is 73.2 Å². The summed E-state index contributed by atoms with van der Waals surface area (Å²) < 4.78 is 19.7. The van der Waals surface area contributed by atoms with E-state index in [2.05, 4.69) is 22.1 Å². The van der Waals surface area contributed by atoms with Gasteiger partial charge in [0.1, 0.15) is 0 Å². The Labute approximate surface area is 175 Å². The number of hydrogen-bond acceptors (Lipinski definition) is 4. The number of ether oxygens (including phenoxy) is 1. The minimum atomic E-state index is -0.642. The van der Waals surface area contributed by atoms with Crippen molar-refractivity contribution in [1.82, 2.24) is 14.9 Å². The van der Waals surface area contributed by atoms with Crippen LogP contribution in [0.5, 0.6) is 0 Å². The minimum absolute atomic E-state index is 0.0311. The highest BCUT2D eigenvalue weighted by Gasteiger charge is 2.32. The van der Waals surface area contributed by atoms with E-state index in [9.17, 15) is 9.18 Å². The fourth-order valence-electron chi connectivity index (χ4n) is 3.93. The number of piperidine rings is 1. The van der Waals surface area contributed by atoms with Gasteiger partial charge in [0, 0.05) is 49.2 Å². The van der Waals surface area contributed by atoms with Crippen LogP contribution in [0.4, 0.5) is 4.39 Å². The van der Waals surface area contributed by atoms with Gasteiger partial charge in [0.05, 0.1) is 12.7 Å². The van der Waals surface area contributed by atoms with Crippen molar-refractivity contribution in [3.8, 4) is 0 Å². The molecule has 0 radical (unpaired) electrons. The number of carbonyl (C=O) groups is 1. The molecule has 3 heterocycles. The lowest BCUT2D eigenvalue weighted by molar-refractivity contribution is -0.0372. The first-order valence-electron chi connectivity index (χ1n) is 10.1. The fraction of sp³-hybridized carbons (Fsp3) is 0.292. The Kier molecular flexibility index (Phi) is 6.44. The summed E-state index contributed by atoms with van der Waals surface area (Å²) in [7, 11) is 0. The van der Waals surface area contributed by atoms with Gasteiger partial charge in [0.2, 0.25) is 5.95 Å². The molecule has 30 heavy (non-hydrogen) atoms. The maximum absolute atomic E-state index is 13.5. The molecular formula is C24H24FN3O2. The minimum Gasteiger partial charge on any atom is -0.373 e. The lowest BCUT2D eigenvalue weighted by Crippen LogP contribution is -2.47. The van der Waals surface area contributed by atoms with Crippen molar-refractivity contribution in [2.45, 2.75) is 25.6 Å². The average Bonchev–Trinajstić information content (AvgIpc) is 2.79. The summed E-state index contributed by atoms with van der Waals surface area (Å²) >= 11 is 0. The van der Waals surface area contributed by atoms with E-state index in [-0.39, 0.29) is 17.9 Å². The molecule has 0 spiro atoms. The Bertz CT molecular complexity index is 968. The lowest BCUT2D eigenvalue weighted by atomic mass is 9.88. The van der Waals surface area contributed by atoms with Crippen LogP contribution in [0.2, 0.25) is 0 Å². The number of amides is 1.